The number of benzene rings is 1. The van der Waals surface area contributed by atoms with Crippen molar-refractivity contribution in [1.82, 2.24) is 10.0 Å². The Morgan fingerprint density at radius 1 is 1.29 bits per heavy atom. The molecule has 0 spiro atoms. The quantitative estimate of drug-likeness (QED) is 0.573. The maximum Gasteiger partial charge on any atom is 0.240 e. The fourth-order valence-corrected chi connectivity index (χ4v) is 3.06. The standard InChI is InChI=1S/C10H15IN2O2S.ClH/c1-12-6-3-7-13-16(14,15)10-5-2-4-9(11)8-10;/h2,4-5,8,12-13H,3,6-7H2,1H3;1H. The molecule has 1 rings (SSSR count). The smallest absolute Gasteiger partial charge is 0.240 e. The summed E-state index contributed by atoms with van der Waals surface area (Å²) in [4.78, 5) is 0.323. The molecule has 98 valence electrons. The van der Waals surface area contributed by atoms with E-state index in [2.05, 4.69) is 32.6 Å². The van der Waals surface area contributed by atoms with Gasteiger partial charge in [-0.3, -0.25) is 0 Å². The normalized spacial score (nSPS) is 10.9. The second-order valence-corrected chi connectivity index (χ2v) is 6.32. The fraction of sp³-hybridized carbons (Fsp3) is 0.400. The topological polar surface area (TPSA) is 58.2 Å². The minimum absolute atomic E-state index is 0. The van der Waals surface area contributed by atoms with Crippen molar-refractivity contribution in [3.8, 4) is 0 Å². The first-order valence-corrected chi connectivity index (χ1v) is 7.52. The molecule has 0 radical (unpaired) electrons. The Kier molecular flexibility index (Phi) is 8.31. The van der Waals surface area contributed by atoms with Gasteiger partial charge >= 0.3 is 0 Å². The van der Waals surface area contributed by atoms with E-state index in [1.165, 1.54) is 0 Å². The first-order valence-electron chi connectivity index (χ1n) is 4.96. The SMILES string of the molecule is CNCCCNS(=O)(=O)c1cccc(I)c1.Cl. The van der Waals surface area contributed by atoms with Gasteiger partial charge < -0.3 is 5.32 Å². The Balaban J connectivity index is 0.00000256. The van der Waals surface area contributed by atoms with Gasteiger partial charge in [0.1, 0.15) is 0 Å². The second kappa shape index (κ2) is 8.25. The maximum atomic E-state index is 11.8. The molecular formula is C10H16ClIN2O2S. The van der Waals surface area contributed by atoms with Crippen LogP contribution in [0.25, 0.3) is 0 Å². The van der Waals surface area contributed by atoms with Gasteiger partial charge in [0.2, 0.25) is 10.0 Å². The summed E-state index contributed by atoms with van der Waals surface area (Å²) in [6, 6.07) is 6.86. The van der Waals surface area contributed by atoms with Gasteiger partial charge in [-0.15, -0.1) is 12.4 Å². The number of hydrogen-bond donors (Lipinski definition) is 2. The van der Waals surface area contributed by atoms with Gasteiger partial charge in [0.15, 0.2) is 0 Å². The van der Waals surface area contributed by atoms with Crippen molar-refractivity contribution in [2.24, 2.45) is 0 Å². The number of rotatable bonds is 6. The average Bonchev–Trinajstić information content (AvgIpc) is 2.24. The molecule has 0 unspecified atom stereocenters. The average molecular weight is 391 g/mol. The lowest BCUT2D eigenvalue weighted by molar-refractivity contribution is 0.577. The minimum atomic E-state index is -3.35. The molecule has 0 fully saturated rings. The molecule has 0 aliphatic carbocycles. The summed E-state index contributed by atoms with van der Waals surface area (Å²) in [5, 5.41) is 2.97. The van der Waals surface area contributed by atoms with E-state index in [9.17, 15) is 8.42 Å². The molecule has 0 saturated heterocycles. The molecule has 4 nitrogen and oxygen atoms in total. The highest BCUT2D eigenvalue weighted by atomic mass is 127. The zero-order chi connectivity index (χ0) is 12.0. The number of halogens is 2. The van der Waals surface area contributed by atoms with Crippen molar-refractivity contribution in [3.63, 3.8) is 0 Å². The predicted molar refractivity (Wildman–Crippen MR) is 80.1 cm³/mol. The first kappa shape index (κ1) is 17.1. The van der Waals surface area contributed by atoms with Crippen LogP contribution in [-0.4, -0.2) is 28.6 Å². The molecule has 0 aromatic heterocycles. The van der Waals surface area contributed by atoms with E-state index in [0.29, 0.717) is 11.4 Å². The molecule has 7 heteroatoms. The largest absolute Gasteiger partial charge is 0.320 e. The zero-order valence-corrected chi connectivity index (χ0v) is 13.2. The van der Waals surface area contributed by atoms with Crippen LogP contribution in [0, 0.1) is 3.57 Å². The molecule has 1 aromatic carbocycles. The highest BCUT2D eigenvalue weighted by molar-refractivity contribution is 14.1. The lowest BCUT2D eigenvalue weighted by atomic mass is 10.4. The molecule has 0 amide bonds. The molecule has 2 N–H and O–H groups in total. The molecule has 1 aromatic rings. The molecule has 0 heterocycles. The van der Waals surface area contributed by atoms with Crippen molar-refractivity contribution < 1.29 is 8.42 Å². The molecule has 0 aliphatic heterocycles. The minimum Gasteiger partial charge on any atom is -0.320 e. The Hall–Kier alpha value is 0.110. The van der Waals surface area contributed by atoms with Crippen LogP contribution in [0.4, 0.5) is 0 Å². The molecule has 17 heavy (non-hydrogen) atoms. The first-order chi connectivity index (χ1) is 7.56. The van der Waals surface area contributed by atoms with Crippen molar-refractivity contribution in [1.29, 1.82) is 0 Å². The summed E-state index contributed by atoms with van der Waals surface area (Å²) in [6.45, 7) is 1.25. The third-order valence-corrected chi connectivity index (χ3v) is 4.13. The molecule has 0 bridgehead atoms. The van der Waals surface area contributed by atoms with Crippen LogP contribution >= 0.6 is 35.0 Å². The maximum absolute atomic E-state index is 11.8. The van der Waals surface area contributed by atoms with E-state index in [1.807, 2.05) is 13.1 Å². The van der Waals surface area contributed by atoms with E-state index in [-0.39, 0.29) is 12.4 Å². The summed E-state index contributed by atoms with van der Waals surface area (Å²) >= 11 is 2.09. The van der Waals surface area contributed by atoms with Crippen LogP contribution in [0.15, 0.2) is 29.2 Å². The van der Waals surface area contributed by atoms with Crippen molar-refractivity contribution in [3.05, 3.63) is 27.8 Å². The molecule has 0 saturated carbocycles. The van der Waals surface area contributed by atoms with Crippen LogP contribution in [-0.2, 0) is 10.0 Å². The predicted octanol–water partition coefficient (Wildman–Crippen LogP) is 1.60. The highest BCUT2D eigenvalue weighted by Crippen LogP contribution is 2.12. The summed E-state index contributed by atoms with van der Waals surface area (Å²) in [5.41, 5.74) is 0. The molecule has 0 atom stereocenters. The number of nitrogens with one attached hydrogen (secondary N) is 2. The van der Waals surface area contributed by atoms with Crippen molar-refractivity contribution >= 4 is 45.0 Å². The van der Waals surface area contributed by atoms with Crippen molar-refractivity contribution in [2.45, 2.75) is 11.3 Å². The van der Waals surface area contributed by atoms with Gasteiger partial charge in [-0.25, -0.2) is 13.1 Å². The van der Waals surface area contributed by atoms with Crippen LogP contribution in [0.3, 0.4) is 0 Å². The van der Waals surface area contributed by atoms with Gasteiger partial charge in [-0.05, 0) is 60.8 Å². The Morgan fingerprint density at radius 2 is 2.00 bits per heavy atom. The summed E-state index contributed by atoms with van der Waals surface area (Å²) in [5.74, 6) is 0. The van der Waals surface area contributed by atoms with Gasteiger partial charge in [0.05, 0.1) is 4.90 Å². The Labute approximate surface area is 122 Å². The van der Waals surface area contributed by atoms with Crippen LogP contribution in [0.1, 0.15) is 6.42 Å². The Bertz CT molecular complexity index is 440. The van der Waals surface area contributed by atoms with E-state index in [4.69, 9.17) is 0 Å². The van der Waals surface area contributed by atoms with Crippen LogP contribution in [0.2, 0.25) is 0 Å². The number of sulfonamides is 1. The van der Waals surface area contributed by atoms with E-state index < -0.39 is 10.0 Å². The van der Waals surface area contributed by atoms with Crippen LogP contribution < -0.4 is 10.0 Å². The van der Waals surface area contributed by atoms with E-state index in [0.717, 1.165) is 16.5 Å². The third-order valence-electron chi connectivity index (χ3n) is 2.00. The Morgan fingerprint density at radius 3 is 2.59 bits per heavy atom. The highest BCUT2D eigenvalue weighted by Gasteiger charge is 2.12. The summed E-state index contributed by atoms with van der Waals surface area (Å²) in [6.07, 6.45) is 0.777. The monoisotopic (exact) mass is 390 g/mol. The van der Waals surface area contributed by atoms with Gasteiger partial charge in [-0.1, -0.05) is 6.07 Å². The fourth-order valence-electron chi connectivity index (χ4n) is 1.19. The van der Waals surface area contributed by atoms with Crippen LogP contribution in [0.5, 0.6) is 0 Å². The lowest BCUT2D eigenvalue weighted by Crippen LogP contribution is -2.26. The summed E-state index contributed by atoms with van der Waals surface area (Å²) in [7, 11) is -1.50. The summed E-state index contributed by atoms with van der Waals surface area (Å²) < 4.78 is 27.1. The third kappa shape index (κ3) is 6.01. The van der Waals surface area contributed by atoms with Gasteiger partial charge in [0.25, 0.3) is 0 Å². The number of hydrogen-bond acceptors (Lipinski definition) is 3. The second-order valence-electron chi connectivity index (χ2n) is 3.31. The molecular weight excluding hydrogens is 375 g/mol. The van der Waals surface area contributed by atoms with E-state index >= 15 is 0 Å². The molecule has 0 aliphatic rings. The zero-order valence-electron chi connectivity index (χ0n) is 9.44. The lowest BCUT2D eigenvalue weighted by Gasteiger charge is -2.06. The van der Waals surface area contributed by atoms with E-state index in [1.54, 1.807) is 18.2 Å². The van der Waals surface area contributed by atoms with Crippen molar-refractivity contribution in [2.75, 3.05) is 20.1 Å². The van der Waals surface area contributed by atoms with Gasteiger partial charge in [-0.2, -0.15) is 0 Å². The van der Waals surface area contributed by atoms with Gasteiger partial charge in [0, 0.05) is 10.1 Å².